The first-order valence-corrected chi connectivity index (χ1v) is 13.3. The van der Waals surface area contributed by atoms with Gasteiger partial charge in [0, 0.05) is 22.5 Å². The fourth-order valence-corrected chi connectivity index (χ4v) is 5.34. The predicted molar refractivity (Wildman–Crippen MR) is 153 cm³/mol. The molecule has 3 heterocycles. The molecule has 8 heteroatoms. The summed E-state index contributed by atoms with van der Waals surface area (Å²) in [6.45, 7) is 2.47. The number of aryl methyl sites for hydroxylation is 1. The second-order valence-corrected chi connectivity index (χ2v) is 9.83. The summed E-state index contributed by atoms with van der Waals surface area (Å²) in [4.78, 5) is 15.9. The van der Waals surface area contributed by atoms with Crippen molar-refractivity contribution in [3.63, 3.8) is 0 Å². The van der Waals surface area contributed by atoms with Crippen molar-refractivity contribution < 1.29 is 9.53 Å². The van der Waals surface area contributed by atoms with Crippen LogP contribution in [0.25, 0.3) is 11.5 Å². The first-order valence-electron chi connectivity index (χ1n) is 12.9. The molecule has 196 valence electrons. The normalized spacial score (nSPS) is 14.3. The van der Waals surface area contributed by atoms with Gasteiger partial charge in [-0.05, 0) is 72.6 Å². The summed E-state index contributed by atoms with van der Waals surface area (Å²) in [7, 11) is 1.65. The van der Waals surface area contributed by atoms with E-state index in [1.54, 1.807) is 31.4 Å². The van der Waals surface area contributed by atoms with Gasteiger partial charge in [-0.2, -0.15) is 5.10 Å². The molecule has 0 radical (unpaired) electrons. The monoisotopic (exact) mass is 537 g/mol. The third kappa shape index (κ3) is 4.55. The highest BCUT2D eigenvalue weighted by Gasteiger charge is 2.36. The molecule has 1 unspecified atom stereocenters. The maximum Gasteiger partial charge on any atom is 0.322 e. The number of benzene rings is 3. The average Bonchev–Trinajstić information content (AvgIpc) is 3.56. The van der Waals surface area contributed by atoms with Crippen LogP contribution >= 0.6 is 11.6 Å². The Morgan fingerprint density at radius 3 is 2.44 bits per heavy atom. The van der Waals surface area contributed by atoms with E-state index in [4.69, 9.17) is 21.4 Å². The highest BCUT2D eigenvalue weighted by molar-refractivity contribution is 6.30. The summed E-state index contributed by atoms with van der Waals surface area (Å²) in [5.41, 5.74) is 5.55. The van der Waals surface area contributed by atoms with Crippen molar-refractivity contribution in [3.05, 3.63) is 125 Å². The van der Waals surface area contributed by atoms with E-state index in [9.17, 15) is 4.79 Å². The van der Waals surface area contributed by atoms with Crippen molar-refractivity contribution in [1.29, 1.82) is 0 Å². The van der Waals surface area contributed by atoms with Gasteiger partial charge in [0.25, 0.3) is 0 Å². The van der Waals surface area contributed by atoms with E-state index in [1.165, 1.54) is 0 Å². The van der Waals surface area contributed by atoms with Crippen LogP contribution in [0.1, 0.15) is 35.5 Å². The fourth-order valence-electron chi connectivity index (χ4n) is 5.21. The van der Waals surface area contributed by atoms with Gasteiger partial charge in [0.2, 0.25) is 0 Å². The number of amides is 2. The van der Waals surface area contributed by atoms with Crippen LogP contribution < -0.4 is 10.1 Å². The van der Waals surface area contributed by atoms with Crippen LogP contribution in [0.2, 0.25) is 5.02 Å². The maximum absolute atomic E-state index is 14.1. The minimum absolute atomic E-state index is 0.215. The smallest absolute Gasteiger partial charge is 0.322 e. The van der Waals surface area contributed by atoms with E-state index in [0.29, 0.717) is 17.3 Å². The molecule has 1 aliphatic rings. The number of halogens is 1. The molecule has 6 rings (SSSR count). The van der Waals surface area contributed by atoms with Crippen molar-refractivity contribution >= 4 is 23.3 Å². The molecule has 1 aliphatic heterocycles. The molecule has 0 saturated heterocycles. The quantitative estimate of drug-likeness (QED) is 0.262. The summed E-state index contributed by atoms with van der Waals surface area (Å²) in [5, 5.41) is 8.71. The first kappa shape index (κ1) is 24.8. The van der Waals surface area contributed by atoms with Gasteiger partial charge in [-0.3, -0.25) is 0 Å². The van der Waals surface area contributed by atoms with Crippen LogP contribution in [-0.4, -0.2) is 32.4 Å². The summed E-state index contributed by atoms with van der Waals surface area (Å²) >= 11 is 6.09. The first-order chi connectivity index (χ1) is 19.1. The molecule has 39 heavy (non-hydrogen) atoms. The van der Waals surface area contributed by atoms with Crippen LogP contribution in [0, 0.1) is 0 Å². The van der Waals surface area contributed by atoms with E-state index in [0.717, 1.165) is 46.2 Å². The van der Waals surface area contributed by atoms with Crippen molar-refractivity contribution in [1.82, 2.24) is 19.2 Å². The molecule has 2 aromatic heterocycles. The molecule has 3 aromatic carbocycles. The largest absolute Gasteiger partial charge is 0.497 e. The number of fused-ring (bicyclic) bond motifs is 3. The van der Waals surface area contributed by atoms with Gasteiger partial charge in [-0.15, -0.1) is 0 Å². The van der Waals surface area contributed by atoms with Gasteiger partial charge in [-0.1, -0.05) is 48.9 Å². The maximum atomic E-state index is 14.1. The molecule has 0 saturated carbocycles. The summed E-state index contributed by atoms with van der Waals surface area (Å²) in [6.07, 6.45) is 2.78. The molecular formula is C31H28ClN5O2. The molecule has 2 amide bonds. The molecule has 0 bridgehead atoms. The lowest BCUT2D eigenvalue weighted by molar-refractivity contribution is 0.194. The number of ether oxygens (including phenoxy) is 1. The number of aromatic nitrogens is 3. The van der Waals surface area contributed by atoms with Crippen LogP contribution in [0.5, 0.6) is 5.75 Å². The molecule has 5 aromatic rings. The second-order valence-electron chi connectivity index (χ2n) is 9.39. The number of anilines is 1. The van der Waals surface area contributed by atoms with Gasteiger partial charge >= 0.3 is 6.03 Å². The molecular weight excluding hydrogens is 510 g/mol. The number of urea groups is 1. The van der Waals surface area contributed by atoms with Crippen LogP contribution in [0.15, 0.2) is 97.2 Å². The van der Waals surface area contributed by atoms with Gasteiger partial charge < -0.3 is 19.5 Å². The number of carbonyl (C=O) groups is 1. The Hall–Kier alpha value is -4.49. The van der Waals surface area contributed by atoms with Gasteiger partial charge in [0.05, 0.1) is 36.8 Å². The molecule has 1 atom stereocenters. The van der Waals surface area contributed by atoms with E-state index >= 15 is 0 Å². The SMILES string of the molecule is CCc1nn(-c2ccccc2)c2c1CN(C(=O)Nc1ccc(Cl)cc1)C(c1ccc(OC)cc1)c1cccn1-2. The molecule has 0 fully saturated rings. The number of para-hydroxylation sites is 1. The van der Waals surface area contributed by atoms with E-state index in [-0.39, 0.29) is 12.1 Å². The molecule has 7 nitrogen and oxygen atoms in total. The van der Waals surface area contributed by atoms with Gasteiger partial charge in [0.15, 0.2) is 0 Å². The number of nitrogens with zero attached hydrogens (tertiary/aromatic N) is 4. The molecule has 0 spiro atoms. The van der Waals surface area contributed by atoms with Gasteiger partial charge in [-0.25, -0.2) is 9.48 Å². The zero-order valence-corrected chi connectivity index (χ0v) is 22.5. The minimum Gasteiger partial charge on any atom is -0.497 e. The summed E-state index contributed by atoms with van der Waals surface area (Å²) in [6, 6.07) is 28.7. The van der Waals surface area contributed by atoms with Crippen molar-refractivity contribution in [2.24, 2.45) is 0 Å². The Kier molecular flexibility index (Phi) is 6.59. The summed E-state index contributed by atoms with van der Waals surface area (Å²) in [5.74, 6) is 1.70. The zero-order chi connectivity index (χ0) is 26.9. The van der Waals surface area contributed by atoms with Crippen molar-refractivity contribution in [2.75, 3.05) is 12.4 Å². The highest BCUT2D eigenvalue weighted by atomic mass is 35.5. The number of rotatable bonds is 5. The Balaban J connectivity index is 1.53. The Morgan fingerprint density at radius 1 is 1.00 bits per heavy atom. The fraction of sp³-hybridized carbons (Fsp3) is 0.161. The van der Waals surface area contributed by atoms with Gasteiger partial charge in [0.1, 0.15) is 11.6 Å². The van der Waals surface area contributed by atoms with Crippen LogP contribution in [0.3, 0.4) is 0 Å². The van der Waals surface area contributed by atoms with E-state index < -0.39 is 0 Å². The number of hydrogen-bond donors (Lipinski definition) is 1. The minimum atomic E-state index is -0.362. The number of nitrogens with one attached hydrogen (secondary N) is 1. The lowest BCUT2D eigenvalue weighted by Gasteiger charge is -2.31. The lowest BCUT2D eigenvalue weighted by atomic mass is 10.0. The van der Waals surface area contributed by atoms with E-state index in [1.807, 2.05) is 76.4 Å². The Labute approximate surface area is 232 Å². The van der Waals surface area contributed by atoms with Crippen molar-refractivity contribution in [2.45, 2.75) is 25.9 Å². The van der Waals surface area contributed by atoms with Crippen LogP contribution in [0.4, 0.5) is 10.5 Å². The Morgan fingerprint density at radius 2 is 1.74 bits per heavy atom. The van der Waals surface area contributed by atoms with Crippen molar-refractivity contribution in [3.8, 4) is 17.3 Å². The summed E-state index contributed by atoms with van der Waals surface area (Å²) < 4.78 is 9.57. The average molecular weight is 538 g/mol. The molecule has 1 N–H and O–H groups in total. The zero-order valence-electron chi connectivity index (χ0n) is 21.7. The standard InChI is InChI=1S/C31H28ClN5O2/c1-3-27-26-20-36(31(38)33-23-15-13-22(32)14-16-23)29(21-11-17-25(39-2)18-12-21)28-10-7-19-35(28)30(26)37(34-27)24-8-5-4-6-9-24/h4-19,29H,3,20H2,1-2H3,(H,33,38). The van der Waals surface area contributed by atoms with E-state index in [2.05, 4.69) is 22.9 Å². The predicted octanol–water partition coefficient (Wildman–Crippen LogP) is 7.02. The van der Waals surface area contributed by atoms with Crippen LogP contribution in [-0.2, 0) is 13.0 Å². The Bertz CT molecular complexity index is 1610. The number of carbonyl (C=O) groups excluding carboxylic acids is 1. The number of methoxy groups -OCH3 is 1. The highest BCUT2D eigenvalue weighted by Crippen LogP contribution is 2.39. The molecule has 0 aliphatic carbocycles. The third-order valence-corrected chi connectivity index (χ3v) is 7.34. The topological polar surface area (TPSA) is 64.3 Å². The number of hydrogen-bond acceptors (Lipinski definition) is 3. The third-order valence-electron chi connectivity index (χ3n) is 7.09. The second kappa shape index (κ2) is 10.3. The lowest BCUT2D eigenvalue weighted by Crippen LogP contribution is -2.38.